The Morgan fingerprint density at radius 2 is 2.00 bits per heavy atom. The first kappa shape index (κ1) is 15.9. The number of thioether (sulfide) groups is 1. The van der Waals surface area contributed by atoms with E-state index < -0.39 is 0 Å². The highest BCUT2D eigenvalue weighted by Gasteiger charge is 2.18. The standard InChI is InChI=1S/C14H23N3OS/c1-9(18)17-12-8-10(14(2,3)4)7-11(16)13(12)19-6-5-15/h7-8H,5-6,15-16H2,1-4H3,(H,17,18). The Hall–Kier alpha value is -1.20. The zero-order valence-corrected chi connectivity index (χ0v) is 12.9. The molecule has 106 valence electrons. The number of nitrogen functional groups attached to an aromatic ring is 1. The summed E-state index contributed by atoms with van der Waals surface area (Å²) in [6.45, 7) is 8.42. The number of carbonyl (C=O) groups excluding carboxylic acids is 1. The van der Waals surface area contributed by atoms with Crippen molar-refractivity contribution in [2.75, 3.05) is 23.3 Å². The molecule has 0 aliphatic carbocycles. The molecule has 1 rings (SSSR count). The molecule has 5 heteroatoms. The van der Waals surface area contributed by atoms with Crippen LogP contribution in [0.4, 0.5) is 11.4 Å². The summed E-state index contributed by atoms with van der Waals surface area (Å²) in [5.74, 6) is 0.672. The molecule has 0 saturated heterocycles. The van der Waals surface area contributed by atoms with Gasteiger partial charge in [-0.15, -0.1) is 11.8 Å². The number of anilines is 2. The molecular formula is C14H23N3OS. The topological polar surface area (TPSA) is 81.1 Å². The lowest BCUT2D eigenvalue weighted by molar-refractivity contribution is -0.114. The van der Waals surface area contributed by atoms with Gasteiger partial charge in [-0.2, -0.15) is 0 Å². The van der Waals surface area contributed by atoms with E-state index in [1.807, 2.05) is 12.1 Å². The number of rotatable bonds is 4. The second-order valence-electron chi connectivity index (χ2n) is 5.51. The van der Waals surface area contributed by atoms with Crippen LogP contribution in [-0.2, 0) is 10.2 Å². The molecule has 0 heterocycles. The Morgan fingerprint density at radius 1 is 1.37 bits per heavy atom. The molecule has 0 aromatic heterocycles. The first-order chi connectivity index (χ1) is 8.75. The summed E-state index contributed by atoms with van der Waals surface area (Å²) in [5, 5.41) is 2.86. The highest BCUT2D eigenvalue weighted by Crippen LogP contribution is 2.37. The van der Waals surface area contributed by atoms with Gasteiger partial charge in [-0.05, 0) is 23.1 Å². The monoisotopic (exact) mass is 281 g/mol. The van der Waals surface area contributed by atoms with Crippen LogP contribution in [0, 0.1) is 0 Å². The largest absolute Gasteiger partial charge is 0.398 e. The van der Waals surface area contributed by atoms with E-state index in [1.54, 1.807) is 11.8 Å². The van der Waals surface area contributed by atoms with Crippen LogP contribution in [0.3, 0.4) is 0 Å². The normalized spacial score (nSPS) is 11.4. The van der Waals surface area contributed by atoms with Gasteiger partial charge in [0.1, 0.15) is 0 Å². The van der Waals surface area contributed by atoms with Gasteiger partial charge in [-0.3, -0.25) is 4.79 Å². The fourth-order valence-electron chi connectivity index (χ4n) is 1.69. The minimum Gasteiger partial charge on any atom is -0.398 e. The predicted molar refractivity (Wildman–Crippen MR) is 83.6 cm³/mol. The zero-order valence-electron chi connectivity index (χ0n) is 12.0. The number of hydrogen-bond donors (Lipinski definition) is 3. The zero-order chi connectivity index (χ0) is 14.6. The molecule has 1 aromatic rings. The van der Waals surface area contributed by atoms with Gasteiger partial charge in [0.25, 0.3) is 0 Å². The summed E-state index contributed by atoms with van der Waals surface area (Å²) in [7, 11) is 0. The van der Waals surface area contributed by atoms with Crippen LogP contribution in [0.25, 0.3) is 0 Å². The first-order valence-electron chi connectivity index (χ1n) is 6.30. The van der Waals surface area contributed by atoms with Crippen LogP contribution in [0.5, 0.6) is 0 Å². The van der Waals surface area contributed by atoms with E-state index in [9.17, 15) is 4.79 Å². The summed E-state index contributed by atoms with van der Waals surface area (Å²) in [6.07, 6.45) is 0. The summed E-state index contributed by atoms with van der Waals surface area (Å²) in [6, 6.07) is 3.97. The lowest BCUT2D eigenvalue weighted by Gasteiger charge is -2.23. The van der Waals surface area contributed by atoms with Gasteiger partial charge in [0.15, 0.2) is 0 Å². The molecule has 19 heavy (non-hydrogen) atoms. The molecule has 1 aromatic carbocycles. The number of hydrogen-bond acceptors (Lipinski definition) is 4. The Morgan fingerprint density at radius 3 is 2.47 bits per heavy atom. The van der Waals surface area contributed by atoms with Crippen molar-refractivity contribution in [1.82, 2.24) is 0 Å². The van der Waals surface area contributed by atoms with E-state index in [0.29, 0.717) is 12.2 Å². The molecule has 1 amide bonds. The van der Waals surface area contributed by atoms with Crippen molar-refractivity contribution in [3.8, 4) is 0 Å². The third kappa shape index (κ3) is 4.44. The van der Waals surface area contributed by atoms with Crippen molar-refractivity contribution in [1.29, 1.82) is 0 Å². The maximum Gasteiger partial charge on any atom is 0.221 e. The van der Waals surface area contributed by atoms with E-state index in [-0.39, 0.29) is 11.3 Å². The second-order valence-corrected chi connectivity index (χ2v) is 6.62. The molecule has 0 bridgehead atoms. The summed E-state index contributed by atoms with van der Waals surface area (Å²) in [5.41, 5.74) is 14.2. The number of benzene rings is 1. The predicted octanol–water partition coefficient (Wildman–Crippen LogP) is 2.58. The summed E-state index contributed by atoms with van der Waals surface area (Å²) >= 11 is 1.57. The van der Waals surface area contributed by atoms with Crippen molar-refractivity contribution in [2.45, 2.75) is 38.0 Å². The molecule has 0 unspecified atom stereocenters. The minimum absolute atomic E-state index is 0.0155. The molecule has 5 N–H and O–H groups in total. The van der Waals surface area contributed by atoms with E-state index in [1.165, 1.54) is 6.92 Å². The Bertz CT molecular complexity index is 466. The molecule has 0 spiro atoms. The van der Waals surface area contributed by atoms with E-state index in [4.69, 9.17) is 11.5 Å². The van der Waals surface area contributed by atoms with Gasteiger partial charge in [0.05, 0.1) is 10.6 Å². The van der Waals surface area contributed by atoms with E-state index in [2.05, 4.69) is 26.1 Å². The third-order valence-corrected chi connectivity index (χ3v) is 3.84. The van der Waals surface area contributed by atoms with Gasteiger partial charge < -0.3 is 16.8 Å². The van der Waals surface area contributed by atoms with Gasteiger partial charge in [0.2, 0.25) is 5.91 Å². The Labute approximate surface area is 119 Å². The fraction of sp³-hybridized carbons (Fsp3) is 0.500. The van der Waals surface area contributed by atoms with Crippen molar-refractivity contribution in [3.05, 3.63) is 17.7 Å². The highest BCUT2D eigenvalue weighted by molar-refractivity contribution is 7.99. The molecule has 0 radical (unpaired) electrons. The van der Waals surface area contributed by atoms with Gasteiger partial charge in [-0.25, -0.2) is 0 Å². The molecule has 0 atom stereocenters. The van der Waals surface area contributed by atoms with Crippen LogP contribution >= 0.6 is 11.8 Å². The lowest BCUT2D eigenvalue weighted by atomic mass is 9.86. The van der Waals surface area contributed by atoms with Gasteiger partial charge in [0, 0.05) is 24.9 Å². The molecule has 0 fully saturated rings. The van der Waals surface area contributed by atoms with E-state index in [0.717, 1.165) is 21.9 Å². The van der Waals surface area contributed by atoms with Crippen LogP contribution in [0.15, 0.2) is 17.0 Å². The number of nitrogens with one attached hydrogen (secondary N) is 1. The maximum absolute atomic E-state index is 11.3. The van der Waals surface area contributed by atoms with Crippen LogP contribution < -0.4 is 16.8 Å². The maximum atomic E-state index is 11.3. The Kier molecular flexibility index (Phi) is 5.26. The number of nitrogens with two attached hydrogens (primary N) is 2. The van der Waals surface area contributed by atoms with Crippen LogP contribution in [-0.4, -0.2) is 18.2 Å². The van der Waals surface area contributed by atoms with Crippen molar-refractivity contribution < 1.29 is 4.79 Å². The number of carbonyl (C=O) groups is 1. The summed E-state index contributed by atoms with van der Waals surface area (Å²) in [4.78, 5) is 12.2. The molecule has 4 nitrogen and oxygen atoms in total. The minimum atomic E-state index is -0.0972. The van der Waals surface area contributed by atoms with Gasteiger partial charge >= 0.3 is 0 Å². The molecule has 0 aliphatic rings. The SMILES string of the molecule is CC(=O)Nc1cc(C(C)(C)C)cc(N)c1SCCN. The molecule has 0 saturated carbocycles. The smallest absolute Gasteiger partial charge is 0.221 e. The molecule has 0 aliphatic heterocycles. The van der Waals surface area contributed by atoms with Crippen LogP contribution in [0.1, 0.15) is 33.3 Å². The number of amides is 1. The Balaban J connectivity index is 3.25. The van der Waals surface area contributed by atoms with Crippen molar-refractivity contribution >= 4 is 29.0 Å². The van der Waals surface area contributed by atoms with E-state index >= 15 is 0 Å². The first-order valence-corrected chi connectivity index (χ1v) is 7.28. The summed E-state index contributed by atoms with van der Waals surface area (Å²) < 4.78 is 0. The van der Waals surface area contributed by atoms with Crippen molar-refractivity contribution in [2.24, 2.45) is 5.73 Å². The highest BCUT2D eigenvalue weighted by atomic mass is 32.2. The molecular weight excluding hydrogens is 258 g/mol. The average molecular weight is 281 g/mol. The quantitative estimate of drug-likeness (QED) is 0.585. The van der Waals surface area contributed by atoms with Crippen molar-refractivity contribution in [3.63, 3.8) is 0 Å². The average Bonchev–Trinajstić information content (AvgIpc) is 2.25. The lowest BCUT2D eigenvalue weighted by Crippen LogP contribution is -2.15. The third-order valence-electron chi connectivity index (χ3n) is 2.66. The van der Waals surface area contributed by atoms with Crippen LogP contribution in [0.2, 0.25) is 0 Å². The van der Waals surface area contributed by atoms with Gasteiger partial charge in [-0.1, -0.05) is 20.8 Å². The fourth-order valence-corrected chi connectivity index (χ4v) is 2.50. The second kappa shape index (κ2) is 6.30.